The number of aliphatic imine (C=N–C) groups is 1. The summed E-state index contributed by atoms with van der Waals surface area (Å²) < 4.78 is 32.1. The normalized spacial score (nSPS) is 10.8. The molecule has 2 aromatic carbocycles. The first kappa shape index (κ1) is 22.1. The van der Waals surface area contributed by atoms with Crippen LogP contribution in [0.1, 0.15) is 11.1 Å². The fourth-order valence-electron chi connectivity index (χ4n) is 2.50. The highest BCUT2D eigenvalue weighted by molar-refractivity contribution is 14.0. The van der Waals surface area contributed by atoms with Crippen molar-refractivity contribution in [1.82, 2.24) is 10.6 Å². The molecule has 0 atom stereocenters. The molecule has 2 N–H and O–H groups in total. The van der Waals surface area contributed by atoms with Gasteiger partial charge in [0.1, 0.15) is 5.75 Å². The Balaban J connectivity index is 0.00000338. The quantitative estimate of drug-likeness (QED) is 0.366. The summed E-state index contributed by atoms with van der Waals surface area (Å²) in [6.45, 7) is 1.13. The Morgan fingerprint density at radius 2 is 1.58 bits per heavy atom. The maximum atomic E-state index is 13.6. The molecular formula is C19H24F2IN3O. The van der Waals surface area contributed by atoms with Crippen molar-refractivity contribution in [2.24, 2.45) is 4.99 Å². The standard InChI is InChI=1S/C19H23F2N3O.HI/c1-22-19(23-12-10-14-6-3-4-9-17(14)25-2)24-13-11-15-7-5-8-16(20)18(15)21;/h3-9H,10-13H2,1-2H3,(H2,22,23,24);1H. The van der Waals surface area contributed by atoms with Crippen molar-refractivity contribution < 1.29 is 13.5 Å². The molecule has 0 saturated carbocycles. The largest absolute Gasteiger partial charge is 0.496 e. The number of guanidine groups is 1. The number of rotatable bonds is 7. The highest BCUT2D eigenvalue weighted by atomic mass is 127. The van der Waals surface area contributed by atoms with E-state index in [2.05, 4.69) is 15.6 Å². The molecular weight excluding hydrogens is 451 g/mol. The second kappa shape index (κ2) is 11.7. The Kier molecular flexibility index (Phi) is 9.93. The third-order valence-corrected chi connectivity index (χ3v) is 3.82. The van der Waals surface area contributed by atoms with E-state index in [0.717, 1.165) is 23.8 Å². The van der Waals surface area contributed by atoms with Crippen molar-refractivity contribution in [3.8, 4) is 5.75 Å². The van der Waals surface area contributed by atoms with E-state index in [-0.39, 0.29) is 24.0 Å². The Morgan fingerprint density at radius 3 is 2.23 bits per heavy atom. The van der Waals surface area contributed by atoms with E-state index in [0.29, 0.717) is 31.0 Å². The first-order chi connectivity index (χ1) is 12.2. The second-order valence-electron chi connectivity index (χ2n) is 5.45. The monoisotopic (exact) mass is 475 g/mol. The zero-order chi connectivity index (χ0) is 18.1. The molecule has 4 nitrogen and oxygen atoms in total. The second-order valence-corrected chi connectivity index (χ2v) is 5.45. The maximum absolute atomic E-state index is 13.6. The predicted molar refractivity (Wildman–Crippen MR) is 112 cm³/mol. The Hall–Kier alpha value is -1.90. The van der Waals surface area contributed by atoms with Crippen LogP contribution in [-0.4, -0.2) is 33.2 Å². The summed E-state index contributed by atoms with van der Waals surface area (Å²) in [5.74, 6) is -0.138. The molecule has 0 unspecified atom stereocenters. The summed E-state index contributed by atoms with van der Waals surface area (Å²) in [5.41, 5.74) is 1.45. The van der Waals surface area contributed by atoms with Gasteiger partial charge in [-0.1, -0.05) is 30.3 Å². The molecule has 2 aromatic rings. The van der Waals surface area contributed by atoms with Crippen molar-refractivity contribution in [2.75, 3.05) is 27.2 Å². The van der Waals surface area contributed by atoms with E-state index in [1.165, 1.54) is 6.07 Å². The Labute approximate surface area is 170 Å². The molecule has 0 aliphatic carbocycles. The van der Waals surface area contributed by atoms with Gasteiger partial charge in [-0.2, -0.15) is 0 Å². The van der Waals surface area contributed by atoms with Gasteiger partial charge in [0.2, 0.25) is 0 Å². The summed E-state index contributed by atoms with van der Waals surface area (Å²) in [6, 6.07) is 12.1. The summed E-state index contributed by atoms with van der Waals surface area (Å²) >= 11 is 0. The minimum atomic E-state index is -0.822. The van der Waals surface area contributed by atoms with Gasteiger partial charge in [-0.15, -0.1) is 24.0 Å². The molecule has 0 saturated heterocycles. The van der Waals surface area contributed by atoms with Crippen LogP contribution in [0.2, 0.25) is 0 Å². The Bertz CT molecular complexity index is 726. The van der Waals surface area contributed by atoms with Gasteiger partial charge in [0, 0.05) is 20.1 Å². The van der Waals surface area contributed by atoms with E-state index in [1.54, 1.807) is 20.2 Å². The number of para-hydroxylation sites is 1. The van der Waals surface area contributed by atoms with Gasteiger partial charge in [0.05, 0.1) is 7.11 Å². The number of benzene rings is 2. The highest BCUT2D eigenvalue weighted by Crippen LogP contribution is 2.17. The van der Waals surface area contributed by atoms with E-state index in [9.17, 15) is 8.78 Å². The summed E-state index contributed by atoms with van der Waals surface area (Å²) in [5, 5.41) is 6.29. The van der Waals surface area contributed by atoms with Crippen LogP contribution in [0.3, 0.4) is 0 Å². The zero-order valence-electron chi connectivity index (χ0n) is 14.9. The number of nitrogens with one attached hydrogen (secondary N) is 2. The van der Waals surface area contributed by atoms with E-state index in [1.807, 2.05) is 24.3 Å². The molecule has 0 aliphatic rings. The number of hydrogen-bond acceptors (Lipinski definition) is 2. The molecule has 0 aliphatic heterocycles. The van der Waals surface area contributed by atoms with Crippen molar-refractivity contribution >= 4 is 29.9 Å². The van der Waals surface area contributed by atoms with Crippen LogP contribution in [0.25, 0.3) is 0 Å². The van der Waals surface area contributed by atoms with Crippen LogP contribution in [0.4, 0.5) is 8.78 Å². The van der Waals surface area contributed by atoms with Crippen LogP contribution in [0.5, 0.6) is 5.75 Å². The van der Waals surface area contributed by atoms with Gasteiger partial charge in [-0.25, -0.2) is 8.78 Å². The topological polar surface area (TPSA) is 45.7 Å². The SMILES string of the molecule is CN=C(NCCc1ccccc1OC)NCCc1cccc(F)c1F.I. The lowest BCUT2D eigenvalue weighted by Crippen LogP contribution is -2.39. The van der Waals surface area contributed by atoms with Crippen molar-refractivity contribution in [3.63, 3.8) is 0 Å². The van der Waals surface area contributed by atoms with Crippen LogP contribution in [-0.2, 0) is 12.8 Å². The van der Waals surface area contributed by atoms with E-state index >= 15 is 0 Å². The van der Waals surface area contributed by atoms with Crippen molar-refractivity contribution in [3.05, 3.63) is 65.2 Å². The average Bonchev–Trinajstić information content (AvgIpc) is 2.64. The molecule has 7 heteroatoms. The van der Waals surface area contributed by atoms with Crippen LogP contribution < -0.4 is 15.4 Å². The first-order valence-electron chi connectivity index (χ1n) is 8.15. The highest BCUT2D eigenvalue weighted by Gasteiger charge is 2.07. The average molecular weight is 475 g/mol. The van der Waals surface area contributed by atoms with Gasteiger partial charge in [-0.3, -0.25) is 4.99 Å². The van der Waals surface area contributed by atoms with Crippen LogP contribution >= 0.6 is 24.0 Å². The summed E-state index contributed by atoms with van der Waals surface area (Å²) in [4.78, 5) is 4.13. The molecule has 0 fully saturated rings. The minimum Gasteiger partial charge on any atom is -0.496 e. The summed E-state index contributed by atoms with van der Waals surface area (Å²) in [7, 11) is 3.32. The molecule has 142 valence electrons. The van der Waals surface area contributed by atoms with Crippen LogP contribution in [0, 0.1) is 11.6 Å². The number of hydrogen-bond donors (Lipinski definition) is 2. The van der Waals surface area contributed by atoms with Gasteiger partial charge in [0.15, 0.2) is 17.6 Å². The zero-order valence-corrected chi connectivity index (χ0v) is 17.2. The maximum Gasteiger partial charge on any atom is 0.190 e. The fourth-order valence-corrected chi connectivity index (χ4v) is 2.50. The van der Waals surface area contributed by atoms with Crippen molar-refractivity contribution in [1.29, 1.82) is 0 Å². The molecule has 0 heterocycles. The molecule has 0 bridgehead atoms. The number of methoxy groups -OCH3 is 1. The molecule has 26 heavy (non-hydrogen) atoms. The van der Waals surface area contributed by atoms with Crippen molar-refractivity contribution in [2.45, 2.75) is 12.8 Å². The molecule has 0 spiro atoms. The Morgan fingerprint density at radius 1 is 0.962 bits per heavy atom. The predicted octanol–water partition coefficient (Wildman–Crippen LogP) is 3.54. The molecule has 0 radical (unpaired) electrons. The smallest absolute Gasteiger partial charge is 0.190 e. The lowest BCUT2D eigenvalue weighted by atomic mass is 10.1. The fraction of sp³-hybridized carbons (Fsp3) is 0.316. The van der Waals surface area contributed by atoms with Gasteiger partial charge in [-0.05, 0) is 36.1 Å². The number of ether oxygens (including phenoxy) is 1. The lowest BCUT2D eigenvalue weighted by molar-refractivity contribution is 0.409. The van der Waals surface area contributed by atoms with Crippen LogP contribution in [0.15, 0.2) is 47.5 Å². The number of nitrogens with zero attached hydrogens (tertiary/aromatic N) is 1. The van der Waals surface area contributed by atoms with Gasteiger partial charge >= 0.3 is 0 Å². The first-order valence-corrected chi connectivity index (χ1v) is 8.15. The third-order valence-electron chi connectivity index (χ3n) is 3.82. The molecule has 2 rings (SSSR count). The van der Waals surface area contributed by atoms with E-state index < -0.39 is 11.6 Å². The number of halogens is 3. The van der Waals surface area contributed by atoms with Gasteiger partial charge < -0.3 is 15.4 Å². The molecule has 0 amide bonds. The minimum absolute atomic E-state index is 0. The summed E-state index contributed by atoms with van der Waals surface area (Å²) in [6.07, 6.45) is 1.15. The third kappa shape index (κ3) is 6.44. The van der Waals surface area contributed by atoms with Gasteiger partial charge in [0.25, 0.3) is 0 Å². The lowest BCUT2D eigenvalue weighted by Gasteiger charge is -2.13. The molecule has 0 aromatic heterocycles. The van der Waals surface area contributed by atoms with E-state index in [4.69, 9.17) is 4.74 Å².